The van der Waals surface area contributed by atoms with Crippen LogP contribution in [0.4, 0.5) is 0 Å². The first-order valence-corrected chi connectivity index (χ1v) is 6.84. The van der Waals surface area contributed by atoms with Gasteiger partial charge in [0.15, 0.2) is 11.5 Å². The summed E-state index contributed by atoms with van der Waals surface area (Å²) in [4.78, 5) is 7.08. The number of pyridine rings is 1. The molecule has 3 heterocycles. The first-order valence-electron chi connectivity index (χ1n) is 6.05. The molecule has 3 rings (SSSR count). The average molecular weight is 295 g/mol. The van der Waals surface area contributed by atoms with Crippen LogP contribution < -0.4 is 0 Å². The molecule has 1 atom stereocenters. The lowest BCUT2D eigenvalue weighted by molar-refractivity contribution is 0.262. The molecule has 0 amide bonds. The van der Waals surface area contributed by atoms with Gasteiger partial charge in [-0.3, -0.25) is 4.90 Å². The molecule has 0 bridgehead atoms. The second-order valence-electron chi connectivity index (χ2n) is 4.38. The van der Waals surface area contributed by atoms with E-state index in [4.69, 9.17) is 0 Å². The molecule has 0 aromatic carbocycles. The van der Waals surface area contributed by atoms with Crippen molar-refractivity contribution in [1.29, 1.82) is 0 Å². The van der Waals surface area contributed by atoms with E-state index >= 15 is 0 Å². The van der Waals surface area contributed by atoms with Gasteiger partial charge in [-0.25, -0.2) is 9.50 Å². The quantitative estimate of drug-likeness (QED) is 0.799. The number of hydrogen-bond donors (Lipinski definition) is 0. The maximum Gasteiger partial charge on any atom is 0.168 e. The van der Waals surface area contributed by atoms with Crippen LogP contribution in [0.15, 0.2) is 22.8 Å². The highest BCUT2D eigenvalue weighted by molar-refractivity contribution is 9.10. The number of rotatable bonds is 2. The Morgan fingerprint density at radius 2 is 2.35 bits per heavy atom. The summed E-state index contributed by atoms with van der Waals surface area (Å²) in [5.74, 6) is 0.955. The van der Waals surface area contributed by atoms with Crippen molar-refractivity contribution < 1.29 is 0 Å². The molecule has 1 aliphatic heterocycles. The van der Waals surface area contributed by atoms with Crippen LogP contribution in [-0.2, 0) is 0 Å². The van der Waals surface area contributed by atoms with Crippen LogP contribution in [0.2, 0.25) is 0 Å². The largest absolute Gasteiger partial charge is 0.294 e. The standard InChI is InChI=1S/C12H15BrN4/c1-2-16-8-4-5-9(16)12-14-11-7-3-6-10(13)17(11)15-12/h3,6-7,9H,2,4-5,8H2,1H3. The lowest BCUT2D eigenvalue weighted by atomic mass is 10.2. The minimum absolute atomic E-state index is 0.395. The number of likely N-dealkylation sites (tertiary alicyclic amines) is 1. The van der Waals surface area contributed by atoms with Gasteiger partial charge < -0.3 is 0 Å². The van der Waals surface area contributed by atoms with Crippen LogP contribution in [0, 0.1) is 0 Å². The third-order valence-corrected chi connectivity index (χ3v) is 4.00. The van der Waals surface area contributed by atoms with Crippen molar-refractivity contribution in [2.45, 2.75) is 25.8 Å². The van der Waals surface area contributed by atoms with Crippen molar-refractivity contribution >= 4 is 21.6 Å². The fraction of sp³-hybridized carbons (Fsp3) is 0.500. The summed E-state index contributed by atoms with van der Waals surface area (Å²) in [7, 11) is 0. The van der Waals surface area contributed by atoms with Gasteiger partial charge in [-0.05, 0) is 54.0 Å². The predicted molar refractivity (Wildman–Crippen MR) is 69.9 cm³/mol. The molecule has 90 valence electrons. The number of halogens is 1. The Morgan fingerprint density at radius 1 is 1.47 bits per heavy atom. The van der Waals surface area contributed by atoms with Crippen molar-refractivity contribution in [3.05, 3.63) is 28.6 Å². The highest BCUT2D eigenvalue weighted by Crippen LogP contribution is 2.29. The Hall–Kier alpha value is -0.940. The number of nitrogens with zero attached hydrogens (tertiary/aromatic N) is 4. The van der Waals surface area contributed by atoms with Gasteiger partial charge in [-0.1, -0.05) is 13.0 Å². The Labute approximate surface area is 109 Å². The summed E-state index contributed by atoms with van der Waals surface area (Å²) in [6.07, 6.45) is 2.41. The molecule has 0 radical (unpaired) electrons. The average Bonchev–Trinajstić information content (AvgIpc) is 2.94. The van der Waals surface area contributed by atoms with E-state index in [1.807, 2.05) is 22.7 Å². The van der Waals surface area contributed by atoms with Crippen molar-refractivity contribution in [3.8, 4) is 0 Å². The third-order valence-electron chi connectivity index (χ3n) is 3.40. The van der Waals surface area contributed by atoms with Crippen LogP contribution in [-0.4, -0.2) is 32.6 Å². The molecule has 17 heavy (non-hydrogen) atoms. The normalized spacial score (nSPS) is 21.4. The zero-order chi connectivity index (χ0) is 11.8. The van der Waals surface area contributed by atoms with E-state index in [0.29, 0.717) is 6.04 Å². The molecular formula is C12H15BrN4. The van der Waals surface area contributed by atoms with Gasteiger partial charge in [0.25, 0.3) is 0 Å². The maximum atomic E-state index is 4.63. The van der Waals surface area contributed by atoms with Crippen LogP contribution in [0.3, 0.4) is 0 Å². The molecule has 0 aliphatic carbocycles. The highest BCUT2D eigenvalue weighted by atomic mass is 79.9. The Morgan fingerprint density at radius 3 is 3.12 bits per heavy atom. The Balaban J connectivity index is 2.03. The Bertz CT molecular complexity index is 536. The number of fused-ring (bicyclic) bond motifs is 1. The smallest absolute Gasteiger partial charge is 0.168 e. The third kappa shape index (κ3) is 1.87. The second-order valence-corrected chi connectivity index (χ2v) is 5.19. The van der Waals surface area contributed by atoms with Gasteiger partial charge in [0.2, 0.25) is 0 Å². The van der Waals surface area contributed by atoms with Crippen LogP contribution in [0.1, 0.15) is 31.6 Å². The first kappa shape index (κ1) is 11.2. The van der Waals surface area contributed by atoms with Crippen LogP contribution in [0.5, 0.6) is 0 Å². The van der Waals surface area contributed by atoms with Crippen LogP contribution in [0.25, 0.3) is 5.65 Å². The monoisotopic (exact) mass is 294 g/mol. The molecule has 0 N–H and O–H groups in total. The second kappa shape index (κ2) is 4.38. The zero-order valence-corrected chi connectivity index (χ0v) is 11.4. The molecule has 0 spiro atoms. The summed E-state index contributed by atoms with van der Waals surface area (Å²) in [6.45, 7) is 4.43. The zero-order valence-electron chi connectivity index (χ0n) is 9.80. The molecule has 0 saturated carbocycles. The van der Waals surface area contributed by atoms with Gasteiger partial charge in [-0.2, -0.15) is 0 Å². The fourth-order valence-corrected chi connectivity index (χ4v) is 2.94. The van der Waals surface area contributed by atoms with E-state index in [0.717, 1.165) is 29.2 Å². The molecule has 2 aromatic rings. The minimum Gasteiger partial charge on any atom is -0.294 e. The predicted octanol–water partition coefficient (Wildman–Crippen LogP) is 2.65. The van der Waals surface area contributed by atoms with Gasteiger partial charge in [0, 0.05) is 0 Å². The molecule has 1 aliphatic rings. The van der Waals surface area contributed by atoms with Crippen molar-refractivity contribution in [2.75, 3.05) is 13.1 Å². The van der Waals surface area contributed by atoms with Crippen molar-refractivity contribution in [3.63, 3.8) is 0 Å². The number of aromatic nitrogens is 3. The first-order chi connectivity index (χ1) is 8.29. The van der Waals surface area contributed by atoms with Gasteiger partial charge in [0.05, 0.1) is 6.04 Å². The summed E-state index contributed by atoms with van der Waals surface area (Å²) >= 11 is 3.50. The highest BCUT2D eigenvalue weighted by Gasteiger charge is 2.28. The minimum atomic E-state index is 0.395. The molecule has 1 fully saturated rings. The number of hydrogen-bond acceptors (Lipinski definition) is 3. The topological polar surface area (TPSA) is 33.4 Å². The summed E-state index contributed by atoms with van der Waals surface area (Å²) in [5, 5.41) is 4.61. The van der Waals surface area contributed by atoms with E-state index < -0.39 is 0 Å². The van der Waals surface area contributed by atoms with E-state index in [1.54, 1.807) is 0 Å². The van der Waals surface area contributed by atoms with E-state index in [9.17, 15) is 0 Å². The van der Waals surface area contributed by atoms with Crippen molar-refractivity contribution in [1.82, 2.24) is 19.5 Å². The van der Waals surface area contributed by atoms with Gasteiger partial charge in [0.1, 0.15) is 4.60 Å². The maximum absolute atomic E-state index is 4.63. The van der Waals surface area contributed by atoms with Gasteiger partial charge >= 0.3 is 0 Å². The fourth-order valence-electron chi connectivity index (χ4n) is 2.53. The van der Waals surface area contributed by atoms with E-state index in [2.05, 4.69) is 37.8 Å². The molecule has 2 aromatic heterocycles. The SMILES string of the molecule is CCN1CCCC1c1nc2cccc(Br)n2n1. The summed E-state index contributed by atoms with van der Waals surface area (Å²) in [5.41, 5.74) is 0.914. The van der Waals surface area contributed by atoms with Gasteiger partial charge in [-0.15, -0.1) is 5.10 Å². The molecule has 5 heteroatoms. The molecule has 4 nitrogen and oxygen atoms in total. The molecule has 1 unspecified atom stereocenters. The molecular weight excluding hydrogens is 280 g/mol. The Kier molecular flexibility index (Phi) is 2.88. The van der Waals surface area contributed by atoms with Crippen LogP contribution >= 0.6 is 15.9 Å². The summed E-state index contributed by atoms with van der Waals surface area (Å²) < 4.78 is 2.82. The van der Waals surface area contributed by atoms with E-state index in [-0.39, 0.29) is 0 Å². The van der Waals surface area contributed by atoms with Crippen molar-refractivity contribution in [2.24, 2.45) is 0 Å². The summed E-state index contributed by atoms with van der Waals surface area (Å²) in [6, 6.07) is 6.36. The lowest BCUT2D eigenvalue weighted by Gasteiger charge is -2.19. The lowest BCUT2D eigenvalue weighted by Crippen LogP contribution is -2.23. The molecule has 1 saturated heterocycles. The van der Waals surface area contributed by atoms with E-state index in [1.165, 1.54) is 12.8 Å².